The van der Waals surface area contributed by atoms with Crippen LogP contribution in [-0.2, 0) is 6.54 Å². The number of halogens is 1. The number of nitrogens with zero attached hydrogens (tertiary/aromatic N) is 3. The molecule has 1 unspecified atom stereocenters. The third-order valence-corrected chi connectivity index (χ3v) is 4.71. The molecule has 0 saturated heterocycles. The largest absolute Gasteiger partial charge is 0.493 e. The molecule has 0 fully saturated rings. The molecule has 6 nitrogen and oxygen atoms in total. The standard InChI is InChI=1S/C22H32N4O2.HI/c1-23-22(26(4)16-17-10-8-7-9-11-17)24-15-19(25(2)3)18-12-13-20(27-5)21(14-18)28-6;/h7-14,19H,15-16H2,1-6H3,(H,23,24);1H. The summed E-state index contributed by atoms with van der Waals surface area (Å²) in [5.74, 6) is 2.32. The second kappa shape index (κ2) is 12.5. The van der Waals surface area contributed by atoms with Crippen LogP contribution in [0, 0.1) is 0 Å². The Morgan fingerprint density at radius 1 is 1.00 bits per heavy atom. The van der Waals surface area contributed by atoms with Gasteiger partial charge in [0.05, 0.1) is 20.3 Å². The van der Waals surface area contributed by atoms with Crippen LogP contribution < -0.4 is 14.8 Å². The fourth-order valence-electron chi connectivity index (χ4n) is 3.16. The molecule has 1 N–H and O–H groups in total. The zero-order valence-electron chi connectivity index (χ0n) is 18.2. The summed E-state index contributed by atoms with van der Waals surface area (Å²) in [6.45, 7) is 1.51. The Hall–Kier alpha value is -2.00. The lowest BCUT2D eigenvalue weighted by Crippen LogP contribution is -2.42. The molecule has 0 bridgehead atoms. The predicted octanol–water partition coefficient (Wildman–Crippen LogP) is 3.63. The van der Waals surface area contributed by atoms with Crippen molar-refractivity contribution in [1.82, 2.24) is 15.1 Å². The number of rotatable bonds is 8. The van der Waals surface area contributed by atoms with E-state index in [0.29, 0.717) is 6.54 Å². The number of hydrogen-bond acceptors (Lipinski definition) is 4. The maximum atomic E-state index is 5.46. The van der Waals surface area contributed by atoms with Gasteiger partial charge >= 0.3 is 0 Å². The summed E-state index contributed by atoms with van der Waals surface area (Å²) in [6, 6.07) is 16.6. The molecule has 2 aromatic rings. The Labute approximate surface area is 191 Å². The summed E-state index contributed by atoms with van der Waals surface area (Å²) < 4.78 is 10.8. The maximum absolute atomic E-state index is 5.46. The zero-order valence-corrected chi connectivity index (χ0v) is 20.5. The van der Waals surface area contributed by atoms with Crippen LogP contribution in [0.1, 0.15) is 17.2 Å². The molecule has 0 aliphatic carbocycles. The number of methoxy groups -OCH3 is 2. The molecule has 0 spiro atoms. The van der Waals surface area contributed by atoms with Crippen molar-refractivity contribution in [1.29, 1.82) is 0 Å². The van der Waals surface area contributed by atoms with Crippen LogP contribution in [0.4, 0.5) is 0 Å². The Kier molecular flexibility index (Phi) is 10.8. The second-order valence-electron chi connectivity index (χ2n) is 6.86. The lowest BCUT2D eigenvalue weighted by Gasteiger charge is -2.29. The summed E-state index contributed by atoms with van der Waals surface area (Å²) in [5.41, 5.74) is 2.40. The highest BCUT2D eigenvalue weighted by atomic mass is 127. The van der Waals surface area contributed by atoms with Gasteiger partial charge in [-0.05, 0) is 37.4 Å². The molecule has 0 radical (unpaired) electrons. The number of guanidine groups is 1. The Bertz CT molecular complexity index is 769. The average Bonchev–Trinajstić information content (AvgIpc) is 2.71. The highest BCUT2D eigenvalue weighted by Crippen LogP contribution is 2.31. The molecule has 29 heavy (non-hydrogen) atoms. The highest BCUT2D eigenvalue weighted by molar-refractivity contribution is 14.0. The Morgan fingerprint density at radius 2 is 1.66 bits per heavy atom. The maximum Gasteiger partial charge on any atom is 0.193 e. The first-order valence-electron chi connectivity index (χ1n) is 9.34. The van der Waals surface area contributed by atoms with Crippen molar-refractivity contribution < 1.29 is 9.47 Å². The molecule has 0 aliphatic heterocycles. The number of aliphatic imine (C=N–C) groups is 1. The van der Waals surface area contributed by atoms with Gasteiger partial charge in [0, 0.05) is 27.2 Å². The molecule has 0 aromatic heterocycles. The Balaban J connectivity index is 0.00000420. The normalized spacial score (nSPS) is 12.2. The van der Waals surface area contributed by atoms with Gasteiger partial charge in [-0.25, -0.2) is 0 Å². The van der Waals surface area contributed by atoms with Crippen LogP contribution in [0.15, 0.2) is 53.5 Å². The quantitative estimate of drug-likeness (QED) is 0.333. The molecule has 2 rings (SSSR count). The summed E-state index contributed by atoms with van der Waals surface area (Å²) >= 11 is 0. The van der Waals surface area contributed by atoms with E-state index in [2.05, 4.69) is 64.5 Å². The number of ether oxygens (including phenoxy) is 2. The predicted molar refractivity (Wildman–Crippen MR) is 131 cm³/mol. The van der Waals surface area contributed by atoms with Crippen molar-refractivity contribution in [3.05, 3.63) is 59.7 Å². The van der Waals surface area contributed by atoms with E-state index in [0.717, 1.165) is 29.6 Å². The minimum atomic E-state index is 0. The molecule has 2 aromatic carbocycles. The van der Waals surface area contributed by atoms with Gasteiger partial charge in [0.2, 0.25) is 0 Å². The van der Waals surface area contributed by atoms with Gasteiger partial charge in [-0.3, -0.25) is 4.99 Å². The van der Waals surface area contributed by atoms with Gasteiger partial charge in [-0.1, -0.05) is 36.4 Å². The van der Waals surface area contributed by atoms with E-state index >= 15 is 0 Å². The van der Waals surface area contributed by atoms with Crippen molar-refractivity contribution in [2.45, 2.75) is 12.6 Å². The van der Waals surface area contributed by atoms with Crippen LogP contribution in [0.2, 0.25) is 0 Å². The van der Waals surface area contributed by atoms with Gasteiger partial charge in [0.25, 0.3) is 0 Å². The first-order chi connectivity index (χ1) is 13.5. The minimum Gasteiger partial charge on any atom is -0.493 e. The molecule has 0 saturated carbocycles. The van der Waals surface area contributed by atoms with Crippen LogP contribution in [-0.4, -0.2) is 64.7 Å². The van der Waals surface area contributed by atoms with Crippen molar-refractivity contribution >= 4 is 29.9 Å². The van der Waals surface area contributed by atoms with Crippen LogP contribution >= 0.6 is 24.0 Å². The van der Waals surface area contributed by atoms with Gasteiger partial charge in [0.15, 0.2) is 17.5 Å². The summed E-state index contributed by atoms with van der Waals surface area (Å²) in [4.78, 5) is 8.74. The minimum absolute atomic E-state index is 0. The summed E-state index contributed by atoms with van der Waals surface area (Å²) in [5, 5.41) is 3.50. The van der Waals surface area contributed by atoms with Crippen molar-refractivity contribution in [2.75, 3.05) is 49.0 Å². The topological polar surface area (TPSA) is 49.3 Å². The van der Waals surface area contributed by atoms with Crippen molar-refractivity contribution in [3.63, 3.8) is 0 Å². The van der Waals surface area contributed by atoms with Gasteiger partial charge < -0.3 is 24.6 Å². The smallest absolute Gasteiger partial charge is 0.193 e. The van der Waals surface area contributed by atoms with Crippen LogP contribution in [0.3, 0.4) is 0 Å². The molecule has 0 aliphatic rings. The number of likely N-dealkylation sites (N-methyl/N-ethyl adjacent to an activating group) is 1. The van der Waals surface area contributed by atoms with E-state index in [1.807, 2.05) is 32.3 Å². The lowest BCUT2D eigenvalue weighted by molar-refractivity contribution is 0.293. The molecular formula is C22H33IN4O2. The summed E-state index contributed by atoms with van der Waals surface area (Å²) in [6.07, 6.45) is 0. The van der Waals surface area contributed by atoms with Crippen LogP contribution in [0.5, 0.6) is 11.5 Å². The van der Waals surface area contributed by atoms with E-state index < -0.39 is 0 Å². The van der Waals surface area contributed by atoms with E-state index in [9.17, 15) is 0 Å². The second-order valence-corrected chi connectivity index (χ2v) is 6.86. The highest BCUT2D eigenvalue weighted by Gasteiger charge is 2.18. The van der Waals surface area contributed by atoms with Gasteiger partial charge in [-0.15, -0.1) is 24.0 Å². The van der Waals surface area contributed by atoms with E-state index in [1.165, 1.54) is 5.56 Å². The van der Waals surface area contributed by atoms with E-state index in [-0.39, 0.29) is 30.0 Å². The fourth-order valence-corrected chi connectivity index (χ4v) is 3.16. The number of nitrogens with one attached hydrogen (secondary N) is 1. The van der Waals surface area contributed by atoms with Crippen molar-refractivity contribution in [2.24, 2.45) is 4.99 Å². The first-order valence-corrected chi connectivity index (χ1v) is 9.34. The third-order valence-electron chi connectivity index (χ3n) is 4.71. The van der Waals surface area contributed by atoms with Gasteiger partial charge in [0.1, 0.15) is 0 Å². The van der Waals surface area contributed by atoms with Gasteiger partial charge in [-0.2, -0.15) is 0 Å². The molecule has 7 heteroatoms. The average molecular weight is 512 g/mol. The molecule has 0 amide bonds. The van der Waals surface area contributed by atoms with E-state index in [4.69, 9.17) is 9.47 Å². The molecule has 0 heterocycles. The van der Waals surface area contributed by atoms with E-state index in [1.54, 1.807) is 14.2 Å². The van der Waals surface area contributed by atoms with Crippen molar-refractivity contribution in [3.8, 4) is 11.5 Å². The third kappa shape index (κ3) is 7.08. The molecular weight excluding hydrogens is 479 g/mol. The summed E-state index contributed by atoms with van der Waals surface area (Å²) in [7, 11) is 11.3. The zero-order chi connectivity index (χ0) is 20.5. The molecule has 1 atom stereocenters. The molecule has 160 valence electrons. The number of hydrogen-bond donors (Lipinski definition) is 1. The SMILES string of the molecule is CN=C(NCC(c1ccc(OC)c(OC)c1)N(C)C)N(C)Cc1ccccc1.I. The first kappa shape index (κ1) is 25.0. The fraction of sp³-hybridized carbons (Fsp3) is 0.409. The number of benzene rings is 2. The van der Waals surface area contributed by atoms with Crippen LogP contribution in [0.25, 0.3) is 0 Å². The monoisotopic (exact) mass is 512 g/mol. The Morgan fingerprint density at radius 3 is 2.21 bits per heavy atom. The lowest BCUT2D eigenvalue weighted by atomic mass is 10.1.